The van der Waals surface area contributed by atoms with Crippen molar-refractivity contribution in [3.05, 3.63) is 71.9 Å². The molecule has 2 saturated heterocycles. The fraction of sp³-hybridized carbons (Fsp3) is 0.433. The van der Waals surface area contributed by atoms with Gasteiger partial charge in [-0.2, -0.15) is 4.98 Å². The van der Waals surface area contributed by atoms with Crippen LogP contribution in [0, 0.1) is 0 Å². The van der Waals surface area contributed by atoms with E-state index in [4.69, 9.17) is 14.1 Å². The van der Waals surface area contributed by atoms with Crippen LogP contribution < -0.4 is 0 Å². The van der Waals surface area contributed by atoms with E-state index in [0.717, 1.165) is 16.8 Å². The first-order valence-corrected chi connectivity index (χ1v) is 13.8. The molecule has 2 amide bonds. The van der Waals surface area contributed by atoms with Crippen molar-refractivity contribution in [1.82, 2.24) is 24.8 Å². The Labute approximate surface area is 239 Å². The van der Waals surface area contributed by atoms with Gasteiger partial charge in [-0.3, -0.25) is 9.69 Å². The molecule has 1 atom stereocenters. The molecular formula is C30H36N6O5. The van der Waals surface area contributed by atoms with E-state index >= 15 is 0 Å². The second-order valence-electron chi connectivity index (χ2n) is 11.2. The van der Waals surface area contributed by atoms with E-state index in [1.165, 1.54) is 7.11 Å². The topological polar surface area (TPSA) is 114 Å². The molecule has 0 saturated carbocycles. The number of benzene rings is 2. The number of carbonyl (C=O) groups excluding carboxylic acids is 2. The van der Waals surface area contributed by atoms with E-state index in [9.17, 15) is 9.59 Å². The second-order valence-corrected chi connectivity index (χ2v) is 11.2. The molecule has 216 valence electrons. The summed E-state index contributed by atoms with van der Waals surface area (Å²) >= 11 is 0. The van der Waals surface area contributed by atoms with Crippen LogP contribution in [0.1, 0.15) is 55.3 Å². The van der Waals surface area contributed by atoms with Crippen molar-refractivity contribution in [1.29, 1.82) is 0 Å². The van der Waals surface area contributed by atoms with Crippen molar-refractivity contribution in [3.63, 3.8) is 0 Å². The number of nitrogens with zero attached hydrogens (tertiary/aromatic N) is 6. The van der Waals surface area contributed by atoms with Crippen molar-refractivity contribution in [2.45, 2.75) is 45.4 Å². The third kappa shape index (κ3) is 6.91. The molecule has 2 aliphatic rings. The van der Waals surface area contributed by atoms with Gasteiger partial charge in [-0.1, -0.05) is 52.8 Å². The van der Waals surface area contributed by atoms with Crippen LogP contribution in [-0.4, -0.2) is 88.0 Å². The Hall–Kier alpha value is -4.25. The van der Waals surface area contributed by atoms with Crippen LogP contribution in [0.4, 0.5) is 4.79 Å². The van der Waals surface area contributed by atoms with E-state index in [1.807, 2.05) is 75.4 Å². The van der Waals surface area contributed by atoms with E-state index in [1.54, 1.807) is 9.80 Å². The van der Waals surface area contributed by atoms with E-state index in [2.05, 4.69) is 20.2 Å². The quantitative estimate of drug-likeness (QED) is 0.408. The van der Waals surface area contributed by atoms with Gasteiger partial charge in [-0.05, 0) is 44.0 Å². The molecule has 0 radical (unpaired) electrons. The predicted molar refractivity (Wildman–Crippen MR) is 152 cm³/mol. The molecule has 2 aromatic carbocycles. The number of carbonyl (C=O) groups is 2. The summed E-state index contributed by atoms with van der Waals surface area (Å²) in [6, 6.07) is 17.2. The molecule has 0 bridgehead atoms. The molecule has 0 N–H and O–H groups in total. The molecule has 2 fully saturated rings. The van der Waals surface area contributed by atoms with Crippen LogP contribution in [0.5, 0.6) is 0 Å². The smallest absolute Gasteiger partial charge is 0.410 e. The number of amides is 2. The van der Waals surface area contributed by atoms with Crippen LogP contribution in [-0.2, 0) is 16.1 Å². The normalized spacial score (nSPS) is 19.0. The van der Waals surface area contributed by atoms with Crippen LogP contribution in [0.3, 0.4) is 0 Å². The minimum atomic E-state index is -0.524. The highest BCUT2D eigenvalue weighted by atomic mass is 16.6. The summed E-state index contributed by atoms with van der Waals surface area (Å²) in [5.41, 5.74) is 2.90. The lowest BCUT2D eigenvalue weighted by atomic mass is 10.0. The highest BCUT2D eigenvalue weighted by Crippen LogP contribution is 2.31. The third-order valence-corrected chi connectivity index (χ3v) is 7.04. The largest absolute Gasteiger partial charge is 0.444 e. The maximum atomic E-state index is 13.6. The molecule has 0 aliphatic carbocycles. The fourth-order valence-electron chi connectivity index (χ4n) is 5.02. The van der Waals surface area contributed by atoms with E-state index in [0.29, 0.717) is 63.0 Å². The number of piperazine rings is 1. The molecule has 41 heavy (non-hydrogen) atoms. The van der Waals surface area contributed by atoms with Gasteiger partial charge in [0.2, 0.25) is 5.89 Å². The number of rotatable bonds is 6. The minimum absolute atomic E-state index is 0.138. The first kappa shape index (κ1) is 28.3. The van der Waals surface area contributed by atoms with Crippen LogP contribution in [0.25, 0.3) is 11.1 Å². The first-order valence-electron chi connectivity index (χ1n) is 13.8. The van der Waals surface area contributed by atoms with Gasteiger partial charge in [0.1, 0.15) is 18.8 Å². The Balaban J connectivity index is 1.24. The summed E-state index contributed by atoms with van der Waals surface area (Å²) in [5, 5.41) is 8.34. The molecule has 1 aromatic heterocycles. The average molecular weight is 561 g/mol. The maximum absolute atomic E-state index is 13.6. The zero-order valence-electron chi connectivity index (χ0n) is 23.9. The summed E-state index contributed by atoms with van der Waals surface area (Å²) < 4.78 is 11.1. The van der Waals surface area contributed by atoms with Gasteiger partial charge in [0, 0.05) is 38.2 Å². The Bertz CT molecular complexity index is 1370. The lowest BCUT2D eigenvalue weighted by molar-refractivity contribution is 0.0131. The Morgan fingerprint density at radius 1 is 1.00 bits per heavy atom. The molecule has 3 heterocycles. The van der Waals surface area contributed by atoms with Crippen molar-refractivity contribution in [2.24, 2.45) is 5.16 Å². The Kier molecular flexibility index (Phi) is 8.34. The molecular weight excluding hydrogens is 524 g/mol. The number of likely N-dealkylation sites (tertiary alicyclic amines) is 1. The third-order valence-electron chi connectivity index (χ3n) is 7.04. The van der Waals surface area contributed by atoms with Crippen molar-refractivity contribution in [2.75, 3.05) is 39.8 Å². The molecule has 0 unspecified atom stereocenters. The average Bonchev–Trinajstić information content (AvgIpc) is 3.60. The molecule has 3 aromatic rings. The van der Waals surface area contributed by atoms with Crippen molar-refractivity contribution in [3.8, 4) is 11.1 Å². The fourth-order valence-corrected chi connectivity index (χ4v) is 5.02. The number of oxime groups is 1. The summed E-state index contributed by atoms with van der Waals surface area (Å²) in [5.74, 6) is 0.756. The van der Waals surface area contributed by atoms with Gasteiger partial charge in [-0.15, -0.1) is 0 Å². The monoisotopic (exact) mass is 560 g/mol. The summed E-state index contributed by atoms with van der Waals surface area (Å²) in [6.45, 7) is 8.78. The van der Waals surface area contributed by atoms with E-state index in [-0.39, 0.29) is 12.0 Å². The summed E-state index contributed by atoms with van der Waals surface area (Å²) in [4.78, 5) is 41.2. The van der Waals surface area contributed by atoms with Crippen LogP contribution >= 0.6 is 0 Å². The molecule has 2 aliphatic heterocycles. The number of ether oxygens (including phenoxy) is 1. The molecule has 11 nitrogen and oxygen atoms in total. The van der Waals surface area contributed by atoms with Gasteiger partial charge in [0.15, 0.2) is 5.82 Å². The number of hydrogen-bond donors (Lipinski definition) is 0. The van der Waals surface area contributed by atoms with Gasteiger partial charge in [0.25, 0.3) is 5.91 Å². The zero-order chi connectivity index (χ0) is 29.0. The first-order chi connectivity index (χ1) is 19.7. The van der Waals surface area contributed by atoms with Crippen molar-refractivity contribution < 1.29 is 23.7 Å². The van der Waals surface area contributed by atoms with Gasteiger partial charge in [-0.25, -0.2) is 4.79 Å². The number of aromatic nitrogens is 2. The minimum Gasteiger partial charge on any atom is -0.444 e. The second kappa shape index (κ2) is 12.1. The molecule has 5 rings (SSSR count). The van der Waals surface area contributed by atoms with Gasteiger partial charge >= 0.3 is 6.09 Å². The highest BCUT2D eigenvalue weighted by Gasteiger charge is 2.38. The maximum Gasteiger partial charge on any atom is 0.410 e. The standard InChI is InChI=1S/C30H36N6O5/c1-30(2,3)40-29(38)35-16-14-34(15-17-35)20-26-31-27(33-41-26)25-18-24(32-39-4)19-36(25)28(37)23-12-10-22(11-13-23)21-8-6-5-7-9-21/h5-13,25H,14-20H2,1-4H3/t25-/m0/s1. The predicted octanol–water partition coefficient (Wildman–Crippen LogP) is 4.38. The van der Waals surface area contributed by atoms with E-state index < -0.39 is 11.6 Å². The van der Waals surface area contributed by atoms with Gasteiger partial charge in [0.05, 0.1) is 18.8 Å². The lowest BCUT2D eigenvalue weighted by Crippen LogP contribution is -2.49. The Morgan fingerprint density at radius 3 is 2.34 bits per heavy atom. The number of hydrogen-bond acceptors (Lipinski definition) is 9. The molecule has 11 heteroatoms. The molecule has 0 spiro atoms. The summed E-state index contributed by atoms with van der Waals surface area (Å²) in [7, 11) is 1.49. The van der Waals surface area contributed by atoms with Crippen LogP contribution in [0.2, 0.25) is 0 Å². The summed E-state index contributed by atoms with van der Waals surface area (Å²) in [6.07, 6.45) is 0.154. The highest BCUT2D eigenvalue weighted by molar-refractivity contribution is 6.00. The van der Waals surface area contributed by atoms with Gasteiger partial charge < -0.3 is 23.9 Å². The van der Waals surface area contributed by atoms with Crippen LogP contribution in [0.15, 0.2) is 64.3 Å². The van der Waals surface area contributed by atoms with Crippen molar-refractivity contribution >= 4 is 17.7 Å². The Morgan fingerprint density at radius 2 is 1.68 bits per heavy atom. The SMILES string of the molecule is CON=C1C[C@@H](c2noc(CN3CCN(C(=O)OC(C)(C)C)CC3)n2)N(C(=O)c2ccc(-c3ccccc3)cc2)C1. The zero-order valence-corrected chi connectivity index (χ0v) is 23.9. The lowest BCUT2D eigenvalue weighted by Gasteiger charge is -2.34.